The molecule has 2 aromatic carbocycles. The lowest BCUT2D eigenvalue weighted by Gasteiger charge is -2.34. The maximum absolute atomic E-state index is 13.0. The summed E-state index contributed by atoms with van der Waals surface area (Å²) in [4.78, 5) is 40.0. The van der Waals surface area contributed by atoms with E-state index in [1.54, 1.807) is 35.2 Å². The molecule has 8 nitrogen and oxygen atoms in total. The quantitative estimate of drug-likeness (QED) is 0.417. The molecule has 1 aliphatic heterocycles. The van der Waals surface area contributed by atoms with E-state index in [1.807, 2.05) is 4.90 Å². The highest BCUT2D eigenvalue weighted by atomic mass is 35.5. The van der Waals surface area contributed by atoms with Crippen LogP contribution in [0.3, 0.4) is 0 Å². The molecule has 1 fully saturated rings. The van der Waals surface area contributed by atoms with Gasteiger partial charge in [0.15, 0.2) is 0 Å². The largest absolute Gasteiger partial charge is 0.335 e. The van der Waals surface area contributed by atoms with Crippen LogP contribution in [0.25, 0.3) is 10.1 Å². The molecule has 0 spiro atoms. The molecule has 1 aliphatic rings. The summed E-state index contributed by atoms with van der Waals surface area (Å²) in [5, 5.41) is 15.5. The zero-order valence-electron chi connectivity index (χ0n) is 16.7. The molecule has 2 heterocycles. The normalized spacial score (nSPS) is 14.5. The third-order valence-corrected chi connectivity index (χ3v) is 7.07. The molecule has 2 amide bonds. The first-order valence-electron chi connectivity index (χ1n) is 9.76. The number of hydrogen-bond donors (Lipinski definition) is 1. The highest BCUT2D eigenvalue weighted by molar-refractivity contribution is 7.21. The van der Waals surface area contributed by atoms with Gasteiger partial charge in [0.2, 0.25) is 5.91 Å². The number of nitro groups is 1. The van der Waals surface area contributed by atoms with Crippen LogP contribution in [0.15, 0.2) is 42.5 Å². The van der Waals surface area contributed by atoms with Gasteiger partial charge in [-0.1, -0.05) is 41.4 Å². The third-order valence-electron chi connectivity index (χ3n) is 5.19. The Balaban J connectivity index is 1.35. The van der Waals surface area contributed by atoms with Gasteiger partial charge in [0.25, 0.3) is 11.6 Å². The molecule has 0 saturated carbocycles. The van der Waals surface area contributed by atoms with Crippen LogP contribution in [0.5, 0.6) is 0 Å². The second-order valence-electron chi connectivity index (χ2n) is 7.28. The Hall–Kier alpha value is -2.72. The van der Waals surface area contributed by atoms with Crippen LogP contribution in [-0.2, 0) is 4.79 Å². The van der Waals surface area contributed by atoms with E-state index in [0.717, 1.165) is 10.1 Å². The van der Waals surface area contributed by atoms with E-state index in [2.05, 4.69) is 5.32 Å². The summed E-state index contributed by atoms with van der Waals surface area (Å²) >= 11 is 13.8. The van der Waals surface area contributed by atoms with Crippen molar-refractivity contribution in [2.24, 2.45) is 0 Å². The smallest absolute Gasteiger partial charge is 0.292 e. The number of halogens is 2. The number of carbonyl (C=O) groups excluding carboxylic acids is 2. The molecule has 1 aromatic heterocycles. The first-order chi connectivity index (χ1) is 15.3. The average molecular weight is 493 g/mol. The predicted molar refractivity (Wildman–Crippen MR) is 126 cm³/mol. The fourth-order valence-corrected chi connectivity index (χ4v) is 5.32. The van der Waals surface area contributed by atoms with Gasteiger partial charge in [0.1, 0.15) is 10.6 Å². The molecule has 0 radical (unpaired) electrons. The number of benzene rings is 2. The SMILES string of the molecule is O=C(CN1CCN(C(=O)c2sc3cc(Cl)ccc3c2Cl)CC1)Nc1ccccc1[N+](=O)[O-]. The number of fused-ring (bicyclic) bond motifs is 1. The monoisotopic (exact) mass is 492 g/mol. The fraction of sp³-hybridized carbons (Fsp3) is 0.238. The van der Waals surface area contributed by atoms with Gasteiger partial charge >= 0.3 is 0 Å². The lowest BCUT2D eigenvalue weighted by Crippen LogP contribution is -2.50. The predicted octanol–water partition coefficient (Wildman–Crippen LogP) is 4.51. The number of anilines is 1. The molecule has 11 heteroatoms. The van der Waals surface area contributed by atoms with Crippen LogP contribution >= 0.6 is 34.5 Å². The van der Waals surface area contributed by atoms with E-state index in [-0.39, 0.29) is 29.7 Å². The zero-order valence-corrected chi connectivity index (χ0v) is 19.0. The maximum atomic E-state index is 13.0. The Kier molecular flexibility index (Phi) is 6.61. The van der Waals surface area contributed by atoms with Crippen molar-refractivity contribution in [2.75, 3.05) is 38.0 Å². The Bertz CT molecular complexity index is 1210. The number of thiophene rings is 1. The van der Waals surface area contributed by atoms with Crippen LogP contribution < -0.4 is 5.32 Å². The molecule has 166 valence electrons. The minimum atomic E-state index is -0.535. The van der Waals surface area contributed by atoms with Crippen LogP contribution in [0, 0.1) is 10.1 Å². The number of nitrogens with zero attached hydrogens (tertiary/aromatic N) is 3. The summed E-state index contributed by atoms with van der Waals surface area (Å²) in [7, 11) is 0. The van der Waals surface area contributed by atoms with E-state index < -0.39 is 4.92 Å². The van der Waals surface area contributed by atoms with Crippen molar-refractivity contribution < 1.29 is 14.5 Å². The lowest BCUT2D eigenvalue weighted by molar-refractivity contribution is -0.383. The molecule has 3 aromatic rings. The number of nitro benzene ring substituents is 1. The topological polar surface area (TPSA) is 95.8 Å². The highest BCUT2D eigenvalue weighted by Crippen LogP contribution is 2.37. The first kappa shape index (κ1) is 22.5. The average Bonchev–Trinajstić information content (AvgIpc) is 3.09. The van der Waals surface area contributed by atoms with Crippen molar-refractivity contribution >= 4 is 67.8 Å². The van der Waals surface area contributed by atoms with Gasteiger partial charge < -0.3 is 10.2 Å². The molecule has 0 unspecified atom stereocenters. The second kappa shape index (κ2) is 9.41. The third kappa shape index (κ3) is 4.71. The number of piperazine rings is 1. The number of carbonyl (C=O) groups is 2. The summed E-state index contributed by atoms with van der Waals surface area (Å²) in [5.41, 5.74) is 0.00795. The fourth-order valence-electron chi connectivity index (χ4n) is 3.56. The molecular formula is C21H18Cl2N4O4S. The number of nitrogens with one attached hydrogen (secondary N) is 1. The number of hydrogen-bond acceptors (Lipinski definition) is 6. The standard InChI is InChI=1S/C21H18Cl2N4O4S/c22-13-5-6-14-17(11-13)32-20(19(14)23)21(29)26-9-7-25(8-10-26)12-18(28)24-15-3-1-2-4-16(15)27(30)31/h1-6,11H,7-10,12H2,(H,24,28). The Labute approximate surface area is 197 Å². The Morgan fingerprint density at radius 2 is 1.81 bits per heavy atom. The van der Waals surface area contributed by atoms with Crippen molar-refractivity contribution in [3.05, 3.63) is 67.5 Å². The van der Waals surface area contributed by atoms with E-state index in [1.165, 1.54) is 23.5 Å². The van der Waals surface area contributed by atoms with E-state index in [4.69, 9.17) is 23.2 Å². The van der Waals surface area contributed by atoms with Crippen molar-refractivity contribution in [1.82, 2.24) is 9.80 Å². The molecule has 0 bridgehead atoms. The molecular weight excluding hydrogens is 475 g/mol. The molecule has 1 saturated heterocycles. The Morgan fingerprint density at radius 1 is 1.09 bits per heavy atom. The van der Waals surface area contributed by atoms with Crippen LogP contribution in [0.2, 0.25) is 10.0 Å². The second-order valence-corrected chi connectivity index (χ2v) is 9.14. The van der Waals surface area contributed by atoms with Crippen LogP contribution in [0.4, 0.5) is 11.4 Å². The van der Waals surface area contributed by atoms with Crippen LogP contribution in [-0.4, -0.2) is 59.3 Å². The van der Waals surface area contributed by atoms with Gasteiger partial charge in [-0.15, -0.1) is 11.3 Å². The summed E-state index contributed by atoms with van der Waals surface area (Å²) < 4.78 is 0.858. The highest BCUT2D eigenvalue weighted by Gasteiger charge is 2.27. The molecule has 0 aliphatic carbocycles. The van der Waals surface area contributed by atoms with E-state index >= 15 is 0 Å². The molecule has 4 rings (SSSR count). The number of para-hydroxylation sites is 2. The summed E-state index contributed by atoms with van der Waals surface area (Å²) in [6.07, 6.45) is 0. The minimum Gasteiger partial charge on any atom is -0.335 e. The van der Waals surface area contributed by atoms with Gasteiger partial charge in [-0.25, -0.2) is 0 Å². The summed E-state index contributed by atoms with van der Waals surface area (Å²) in [5.74, 6) is -0.486. The number of rotatable bonds is 5. The van der Waals surface area contributed by atoms with Crippen molar-refractivity contribution in [3.63, 3.8) is 0 Å². The van der Waals surface area contributed by atoms with Gasteiger partial charge in [0.05, 0.1) is 16.5 Å². The zero-order chi connectivity index (χ0) is 22.8. The summed E-state index contributed by atoms with van der Waals surface area (Å²) in [6.45, 7) is 1.98. The Morgan fingerprint density at radius 3 is 2.53 bits per heavy atom. The van der Waals surface area contributed by atoms with Gasteiger partial charge in [0, 0.05) is 47.4 Å². The summed E-state index contributed by atoms with van der Waals surface area (Å²) in [6, 6.07) is 11.3. The molecule has 1 N–H and O–H groups in total. The van der Waals surface area contributed by atoms with Crippen molar-refractivity contribution in [1.29, 1.82) is 0 Å². The van der Waals surface area contributed by atoms with Gasteiger partial charge in [-0.05, 0) is 18.2 Å². The minimum absolute atomic E-state index is 0.0796. The number of amides is 2. The molecule has 0 atom stereocenters. The van der Waals surface area contributed by atoms with Crippen molar-refractivity contribution in [3.8, 4) is 0 Å². The molecule has 32 heavy (non-hydrogen) atoms. The van der Waals surface area contributed by atoms with Crippen molar-refractivity contribution in [2.45, 2.75) is 0 Å². The van der Waals surface area contributed by atoms with Crippen LogP contribution in [0.1, 0.15) is 9.67 Å². The lowest BCUT2D eigenvalue weighted by atomic mass is 10.2. The van der Waals surface area contributed by atoms with Gasteiger partial charge in [-0.3, -0.25) is 24.6 Å². The van der Waals surface area contributed by atoms with Gasteiger partial charge in [-0.2, -0.15) is 0 Å². The maximum Gasteiger partial charge on any atom is 0.292 e. The first-order valence-corrected chi connectivity index (χ1v) is 11.3. The van der Waals surface area contributed by atoms with E-state index in [0.29, 0.717) is 41.1 Å². The van der Waals surface area contributed by atoms with E-state index in [9.17, 15) is 19.7 Å².